The summed E-state index contributed by atoms with van der Waals surface area (Å²) in [5.41, 5.74) is 10.9. The van der Waals surface area contributed by atoms with Gasteiger partial charge in [0.2, 0.25) is 23.6 Å². The van der Waals surface area contributed by atoms with E-state index in [2.05, 4.69) is 30.9 Å². The maximum absolute atomic E-state index is 14.2. The number of methoxy groups -OCH3 is 1. The highest BCUT2D eigenvalue weighted by Crippen LogP contribution is 2.40. The molecular formula is C53H66F3N9O6S. The van der Waals surface area contributed by atoms with Crippen molar-refractivity contribution in [1.82, 2.24) is 35.4 Å². The fraction of sp³-hybridized carbons (Fsp3) is 0.491. The molecule has 0 aliphatic carbocycles. The van der Waals surface area contributed by atoms with E-state index in [9.17, 15) is 37.5 Å². The molecule has 15 nitrogen and oxygen atoms in total. The van der Waals surface area contributed by atoms with E-state index in [1.165, 1.54) is 11.0 Å². The van der Waals surface area contributed by atoms with Crippen LogP contribution in [0.4, 0.5) is 24.7 Å². The van der Waals surface area contributed by atoms with Gasteiger partial charge < -0.3 is 41.3 Å². The lowest BCUT2D eigenvalue weighted by Gasteiger charge is -2.35. The number of likely N-dealkylation sites (tertiary alicyclic amines) is 2. The molecule has 2 saturated heterocycles. The van der Waals surface area contributed by atoms with Gasteiger partial charge in [-0.15, -0.1) is 11.3 Å². The summed E-state index contributed by atoms with van der Waals surface area (Å²) in [5, 5.41) is 20.6. The molecule has 0 radical (unpaired) electrons. The molecule has 3 aromatic carbocycles. The van der Waals surface area contributed by atoms with Crippen molar-refractivity contribution in [2.75, 3.05) is 37.8 Å². The van der Waals surface area contributed by atoms with E-state index in [-0.39, 0.29) is 61.2 Å². The fourth-order valence-electron chi connectivity index (χ4n) is 9.68. The van der Waals surface area contributed by atoms with Crippen LogP contribution in [0.25, 0.3) is 21.3 Å². The largest absolute Gasteiger partial charge is 0.496 e. The Labute approximate surface area is 422 Å². The molecule has 5 atom stereocenters. The van der Waals surface area contributed by atoms with Crippen LogP contribution >= 0.6 is 11.3 Å². The number of nitrogens with two attached hydrogens (primary N) is 1. The first kappa shape index (κ1) is 53.5. The second-order valence-electron chi connectivity index (χ2n) is 20.2. The monoisotopic (exact) mass is 1010 g/mol. The molecule has 2 fully saturated rings. The average Bonchev–Trinajstić information content (AvgIpc) is 3.95. The Balaban J connectivity index is 0.904. The quantitative estimate of drug-likeness (QED) is 0.0467. The summed E-state index contributed by atoms with van der Waals surface area (Å²) in [6.07, 6.45) is -2.85. The predicted molar refractivity (Wildman–Crippen MR) is 272 cm³/mol. The van der Waals surface area contributed by atoms with E-state index in [0.717, 1.165) is 39.4 Å². The van der Waals surface area contributed by atoms with Gasteiger partial charge in [0.05, 0.1) is 52.5 Å². The lowest BCUT2D eigenvalue weighted by molar-refractivity contribution is -0.144. The van der Waals surface area contributed by atoms with Crippen LogP contribution in [0.3, 0.4) is 0 Å². The minimum absolute atomic E-state index is 0.00302. The molecule has 0 bridgehead atoms. The molecular weight excluding hydrogens is 948 g/mol. The number of aliphatic hydroxyl groups is 1. The summed E-state index contributed by atoms with van der Waals surface area (Å²) in [6, 6.07) is 12.3. The number of unbranched alkanes of at least 4 members (excludes halogenated alkanes) is 1. The molecule has 2 aromatic heterocycles. The highest BCUT2D eigenvalue weighted by molar-refractivity contribution is 7.13. The van der Waals surface area contributed by atoms with Crippen LogP contribution in [0.2, 0.25) is 0 Å². The SMILES string of the molecule is COc1cc2nc(C)nc(NC(C)c3cc(N)cc(C(F)(F)F)c3)c2cc1C1CCN(C(=O)CCCCC(=O)NC(C(=O)N2CC(O)CC2C(=O)NC(C)c2ccc(-c3scnc3C)cc2)C(C)(C)C)CC1. The second kappa shape index (κ2) is 22.2. The number of carbonyl (C=O) groups is 4. The number of anilines is 2. The number of nitrogens with one attached hydrogen (secondary N) is 3. The number of β-amino-alcohol motifs (C(OH)–C–C–N with tert-alkyl or cyclic N) is 1. The minimum Gasteiger partial charge on any atom is -0.496 e. The maximum Gasteiger partial charge on any atom is 0.416 e. The van der Waals surface area contributed by atoms with Crippen molar-refractivity contribution < 1.29 is 42.2 Å². The third-order valence-corrected chi connectivity index (χ3v) is 14.7. The van der Waals surface area contributed by atoms with E-state index in [4.69, 9.17) is 10.5 Å². The number of fused-ring (bicyclic) bond motifs is 1. The maximum atomic E-state index is 14.2. The van der Waals surface area contributed by atoms with E-state index in [1.807, 2.05) is 75.9 Å². The zero-order valence-electron chi connectivity index (χ0n) is 42.2. The summed E-state index contributed by atoms with van der Waals surface area (Å²) in [5.74, 6) is 0.398. The Morgan fingerprint density at radius 2 is 1.61 bits per heavy atom. The number of carbonyl (C=O) groups excluding carboxylic acids is 4. The van der Waals surface area contributed by atoms with Gasteiger partial charge in [0.15, 0.2) is 0 Å². The number of hydrogen-bond donors (Lipinski definition) is 5. The van der Waals surface area contributed by atoms with Gasteiger partial charge in [0.1, 0.15) is 29.5 Å². The van der Waals surface area contributed by atoms with Crippen LogP contribution in [-0.4, -0.2) is 98.4 Å². The zero-order chi connectivity index (χ0) is 52.2. The number of amides is 4. The molecule has 386 valence electrons. The first-order valence-corrected chi connectivity index (χ1v) is 25.4. The standard InChI is InChI=1S/C53H66F3N9O6S/c1-29(33-13-15-35(16-14-33)47-31(3)58-28-72-47)60-50(69)43-24-39(66)27-65(43)51(70)48(52(5,6)7)63-45(67)11-9-10-12-46(68)64-19-17-34(18-20-64)40-25-41-42(26-44(40)71-8)61-32(4)62-49(41)59-30(2)36-21-37(53(54,55)56)23-38(57)22-36/h13-16,21-23,25-26,28-30,34,39,43,48,66H,9-12,17-20,24,27,57H2,1-8H3,(H,60,69)(H,63,67)(H,59,61,62). The number of aliphatic hydroxyl groups excluding tert-OH is 1. The van der Waals surface area contributed by atoms with Crippen molar-refractivity contribution in [1.29, 1.82) is 0 Å². The number of ether oxygens (including phenoxy) is 1. The van der Waals surface area contributed by atoms with Crippen molar-refractivity contribution in [2.24, 2.45) is 5.41 Å². The van der Waals surface area contributed by atoms with Crippen molar-refractivity contribution in [3.8, 4) is 16.2 Å². The number of hydrogen-bond acceptors (Lipinski definition) is 12. The summed E-state index contributed by atoms with van der Waals surface area (Å²) in [7, 11) is 1.59. The highest BCUT2D eigenvalue weighted by atomic mass is 32.1. The Morgan fingerprint density at radius 1 is 0.917 bits per heavy atom. The van der Waals surface area contributed by atoms with Crippen LogP contribution in [0.5, 0.6) is 5.75 Å². The molecule has 7 rings (SSSR count). The number of benzene rings is 3. The minimum atomic E-state index is -4.55. The van der Waals surface area contributed by atoms with Crippen molar-refractivity contribution in [3.05, 3.63) is 93.9 Å². The highest BCUT2D eigenvalue weighted by Gasteiger charge is 2.45. The molecule has 72 heavy (non-hydrogen) atoms. The molecule has 2 aliphatic rings. The Bertz CT molecular complexity index is 2770. The Morgan fingerprint density at radius 3 is 2.25 bits per heavy atom. The van der Waals surface area contributed by atoms with Gasteiger partial charge in [0.25, 0.3) is 0 Å². The van der Waals surface area contributed by atoms with Gasteiger partial charge in [-0.3, -0.25) is 19.2 Å². The number of thiazole rings is 1. The number of aromatic nitrogens is 3. The van der Waals surface area contributed by atoms with Crippen LogP contribution in [0, 0.1) is 19.3 Å². The Hall–Kier alpha value is -6.34. The summed E-state index contributed by atoms with van der Waals surface area (Å²) in [6.45, 7) is 13.8. The van der Waals surface area contributed by atoms with Gasteiger partial charge in [-0.1, -0.05) is 45.0 Å². The van der Waals surface area contributed by atoms with Gasteiger partial charge in [-0.05, 0) is 111 Å². The van der Waals surface area contributed by atoms with Gasteiger partial charge >= 0.3 is 6.18 Å². The second-order valence-corrected chi connectivity index (χ2v) is 21.1. The van der Waals surface area contributed by atoms with E-state index < -0.39 is 47.3 Å². The number of aryl methyl sites for hydroxylation is 2. The topological polar surface area (TPSA) is 205 Å². The van der Waals surface area contributed by atoms with Crippen LogP contribution in [-0.2, 0) is 25.4 Å². The predicted octanol–water partition coefficient (Wildman–Crippen LogP) is 8.79. The summed E-state index contributed by atoms with van der Waals surface area (Å²) >= 11 is 1.56. The van der Waals surface area contributed by atoms with Gasteiger partial charge in [0, 0.05) is 56.0 Å². The number of alkyl halides is 3. The zero-order valence-corrected chi connectivity index (χ0v) is 43.0. The lowest BCUT2D eigenvalue weighted by atomic mass is 9.85. The molecule has 19 heteroatoms. The number of nitrogen functional groups attached to an aromatic ring is 1. The molecule has 4 amide bonds. The van der Waals surface area contributed by atoms with Crippen molar-refractivity contribution >= 4 is 57.4 Å². The summed E-state index contributed by atoms with van der Waals surface area (Å²) < 4.78 is 46.7. The smallest absolute Gasteiger partial charge is 0.416 e. The molecule has 5 aromatic rings. The normalized spacial score (nSPS) is 17.9. The lowest BCUT2D eigenvalue weighted by Crippen LogP contribution is -2.57. The molecule has 2 aliphatic heterocycles. The van der Waals surface area contributed by atoms with Crippen LogP contribution < -0.4 is 26.4 Å². The van der Waals surface area contributed by atoms with Gasteiger partial charge in [-0.2, -0.15) is 13.2 Å². The number of rotatable bonds is 16. The molecule has 6 N–H and O–H groups in total. The fourth-order valence-corrected chi connectivity index (χ4v) is 10.5. The van der Waals surface area contributed by atoms with E-state index in [0.29, 0.717) is 72.6 Å². The Kier molecular flexibility index (Phi) is 16.5. The first-order valence-electron chi connectivity index (χ1n) is 24.5. The van der Waals surface area contributed by atoms with Crippen molar-refractivity contribution in [2.45, 2.75) is 136 Å². The van der Waals surface area contributed by atoms with Crippen molar-refractivity contribution in [3.63, 3.8) is 0 Å². The van der Waals surface area contributed by atoms with E-state index in [1.54, 1.807) is 37.8 Å². The molecule has 4 heterocycles. The third-order valence-electron chi connectivity index (χ3n) is 13.7. The van der Waals surface area contributed by atoms with Gasteiger partial charge in [-0.25, -0.2) is 15.0 Å². The molecule has 0 spiro atoms. The third kappa shape index (κ3) is 12.6. The van der Waals surface area contributed by atoms with Crippen LogP contribution in [0.1, 0.15) is 131 Å². The average molecular weight is 1010 g/mol. The molecule has 0 saturated carbocycles. The number of piperidine rings is 1. The first-order chi connectivity index (χ1) is 34.0. The van der Waals surface area contributed by atoms with E-state index >= 15 is 0 Å². The number of nitrogens with zero attached hydrogens (tertiary/aromatic N) is 5. The van der Waals surface area contributed by atoms with Crippen LogP contribution in [0.15, 0.2) is 60.1 Å². The molecule has 5 unspecified atom stereocenters. The summed E-state index contributed by atoms with van der Waals surface area (Å²) in [4.78, 5) is 72.7. The number of halogens is 3.